The molecule has 4 nitrogen and oxygen atoms in total. The van der Waals surface area contributed by atoms with Crippen molar-refractivity contribution in [2.75, 3.05) is 24.7 Å². The van der Waals surface area contributed by atoms with Gasteiger partial charge >= 0.3 is 0 Å². The molecule has 1 saturated carbocycles. The number of alkyl halides is 2. The summed E-state index contributed by atoms with van der Waals surface area (Å²) in [5.74, 6) is -4.95. The van der Waals surface area contributed by atoms with Gasteiger partial charge < -0.3 is 9.80 Å². The lowest BCUT2D eigenvalue weighted by Crippen LogP contribution is -2.49. The third kappa shape index (κ3) is 2.40. The van der Waals surface area contributed by atoms with Gasteiger partial charge in [0.1, 0.15) is 12.0 Å². The average Bonchev–Trinajstić information content (AvgIpc) is 2.81. The van der Waals surface area contributed by atoms with Crippen molar-refractivity contribution in [2.24, 2.45) is 11.8 Å². The molecule has 3 atom stereocenters. The van der Waals surface area contributed by atoms with E-state index >= 15 is 0 Å². The van der Waals surface area contributed by atoms with Crippen LogP contribution in [-0.2, 0) is 9.59 Å². The Hall–Kier alpha value is -0.850. The lowest BCUT2D eigenvalue weighted by molar-refractivity contribution is -0.145. The van der Waals surface area contributed by atoms with Crippen molar-refractivity contribution in [1.29, 1.82) is 0 Å². The van der Waals surface area contributed by atoms with Crippen LogP contribution in [0.5, 0.6) is 0 Å². The molecule has 20 heavy (non-hydrogen) atoms. The fourth-order valence-corrected chi connectivity index (χ4v) is 3.80. The first-order chi connectivity index (χ1) is 9.36. The molecule has 3 unspecified atom stereocenters. The number of nitrogens with zero attached hydrogens (tertiary/aromatic N) is 2. The lowest BCUT2D eigenvalue weighted by Gasteiger charge is -2.28. The van der Waals surface area contributed by atoms with Gasteiger partial charge in [-0.05, 0) is 13.8 Å². The van der Waals surface area contributed by atoms with E-state index < -0.39 is 29.7 Å². The summed E-state index contributed by atoms with van der Waals surface area (Å²) < 4.78 is 26.7. The highest BCUT2D eigenvalue weighted by Crippen LogP contribution is 2.56. The number of rotatable bonds is 4. The second kappa shape index (κ2) is 5.50. The number of amides is 2. The highest BCUT2D eigenvalue weighted by atomic mass is 32.2. The van der Waals surface area contributed by atoms with Crippen molar-refractivity contribution in [3.8, 4) is 0 Å². The van der Waals surface area contributed by atoms with Gasteiger partial charge in [0.25, 0.3) is 5.92 Å². The van der Waals surface area contributed by atoms with E-state index in [2.05, 4.69) is 0 Å². The van der Waals surface area contributed by atoms with E-state index in [1.165, 1.54) is 23.6 Å². The Balaban J connectivity index is 2.08. The summed E-state index contributed by atoms with van der Waals surface area (Å²) in [5.41, 5.74) is 0. The van der Waals surface area contributed by atoms with E-state index in [1.54, 1.807) is 4.90 Å². The second-order valence-corrected chi connectivity index (χ2v) is 6.27. The molecule has 114 valence electrons. The van der Waals surface area contributed by atoms with E-state index in [4.69, 9.17) is 0 Å². The summed E-state index contributed by atoms with van der Waals surface area (Å²) in [6.07, 6.45) is 0. The van der Waals surface area contributed by atoms with E-state index in [0.29, 0.717) is 24.7 Å². The van der Waals surface area contributed by atoms with Gasteiger partial charge in [-0.25, -0.2) is 8.78 Å². The number of likely N-dealkylation sites (N-methyl/N-ethyl adjacent to an activating group) is 1. The molecule has 0 spiro atoms. The van der Waals surface area contributed by atoms with Crippen LogP contribution in [-0.4, -0.2) is 58.3 Å². The summed E-state index contributed by atoms with van der Waals surface area (Å²) in [6.45, 7) is 6.25. The Labute approximate surface area is 121 Å². The Morgan fingerprint density at radius 1 is 1.35 bits per heavy atom. The molecule has 1 aliphatic carbocycles. The molecule has 0 aromatic heterocycles. The standard InChI is InChI=1S/C13H20F2N2O2S/c1-4-16(5-2)11(18)9-6-20-7-17(9)12(19)10-8(3)13(10,14)15/h8-10H,4-7H2,1-3H3. The van der Waals surface area contributed by atoms with Gasteiger partial charge in [0.2, 0.25) is 11.8 Å². The van der Waals surface area contributed by atoms with Gasteiger partial charge in [-0.15, -0.1) is 11.8 Å². The molecule has 1 heterocycles. The zero-order valence-electron chi connectivity index (χ0n) is 11.9. The van der Waals surface area contributed by atoms with Crippen LogP contribution in [0.1, 0.15) is 20.8 Å². The van der Waals surface area contributed by atoms with Crippen LogP contribution in [0.4, 0.5) is 8.78 Å². The monoisotopic (exact) mass is 306 g/mol. The van der Waals surface area contributed by atoms with Crippen LogP contribution in [0.3, 0.4) is 0 Å². The minimum absolute atomic E-state index is 0.134. The predicted octanol–water partition coefficient (Wildman–Crippen LogP) is 1.66. The summed E-state index contributed by atoms with van der Waals surface area (Å²) in [5, 5.41) is 0. The van der Waals surface area contributed by atoms with Crippen LogP contribution in [0.2, 0.25) is 0 Å². The van der Waals surface area contributed by atoms with Crippen molar-refractivity contribution < 1.29 is 18.4 Å². The quantitative estimate of drug-likeness (QED) is 0.793. The minimum Gasteiger partial charge on any atom is -0.341 e. The van der Waals surface area contributed by atoms with E-state index in [0.717, 1.165) is 0 Å². The van der Waals surface area contributed by atoms with Gasteiger partial charge in [-0.1, -0.05) is 6.92 Å². The number of carbonyl (C=O) groups excluding carboxylic acids is 2. The van der Waals surface area contributed by atoms with Gasteiger partial charge in [0.05, 0.1) is 5.88 Å². The molecule has 1 saturated heterocycles. The smallest absolute Gasteiger partial charge is 0.263 e. The number of thioether (sulfide) groups is 1. The Kier molecular flexibility index (Phi) is 4.27. The van der Waals surface area contributed by atoms with Crippen molar-refractivity contribution in [2.45, 2.75) is 32.7 Å². The van der Waals surface area contributed by atoms with Crippen LogP contribution < -0.4 is 0 Å². The van der Waals surface area contributed by atoms with Crippen LogP contribution in [0, 0.1) is 11.8 Å². The SMILES string of the molecule is CCN(CC)C(=O)C1CSCN1C(=O)C1C(C)C1(F)F. The van der Waals surface area contributed by atoms with Crippen LogP contribution in [0.25, 0.3) is 0 Å². The van der Waals surface area contributed by atoms with E-state index in [9.17, 15) is 18.4 Å². The molecule has 0 aromatic carbocycles. The largest absolute Gasteiger partial charge is 0.341 e. The zero-order valence-corrected chi connectivity index (χ0v) is 12.8. The fraction of sp³-hybridized carbons (Fsp3) is 0.846. The Morgan fingerprint density at radius 3 is 2.35 bits per heavy atom. The van der Waals surface area contributed by atoms with Gasteiger partial charge in [-0.2, -0.15) is 0 Å². The van der Waals surface area contributed by atoms with Crippen molar-refractivity contribution in [3.05, 3.63) is 0 Å². The van der Waals surface area contributed by atoms with Crippen molar-refractivity contribution in [1.82, 2.24) is 9.80 Å². The van der Waals surface area contributed by atoms with Gasteiger partial charge in [-0.3, -0.25) is 9.59 Å². The van der Waals surface area contributed by atoms with Crippen molar-refractivity contribution in [3.63, 3.8) is 0 Å². The number of carbonyl (C=O) groups is 2. The first kappa shape index (κ1) is 15.5. The lowest BCUT2D eigenvalue weighted by atomic mass is 10.2. The van der Waals surface area contributed by atoms with E-state index in [-0.39, 0.29) is 5.91 Å². The molecule has 2 amide bonds. The fourth-order valence-electron chi connectivity index (χ4n) is 2.65. The topological polar surface area (TPSA) is 40.6 Å². The molecule has 0 radical (unpaired) electrons. The third-order valence-electron chi connectivity index (χ3n) is 4.20. The van der Waals surface area contributed by atoms with Crippen LogP contribution >= 0.6 is 11.8 Å². The number of hydrogen-bond donors (Lipinski definition) is 0. The molecule has 0 N–H and O–H groups in total. The normalized spacial score (nSPS) is 31.2. The first-order valence-electron chi connectivity index (χ1n) is 6.91. The number of halogens is 2. The van der Waals surface area contributed by atoms with Gasteiger partial charge in [0, 0.05) is 24.8 Å². The summed E-state index contributed by atoms with van der Waals surface area (Å²) in [7, 11) is 0. The molecule has 2 aliphatic rings. The Morgan fingerprint density at radius 2 is 1.90 bits per heavy atom. The highest BCUT2D eigenvalue weighted by molar-refractivity contribution is 7.99. The minimum atomic E-state index is -2.91. The molecule has 0 bridgehead atoms. The maximum absolute atomic E-state index is 13.4. The molecular formula is C13H20F2N2O2S. The number of hydrogen-bond acceptors (Lipinski definition) is 3. The molecule has 7 heteroatoms. The van der Waals surface area contributed by atoms with E-state index in [1.807, 2.05) is 13.8 Å². The third-order valence-corrected chi connectivity index (χ3v) is 5.22. The highest BCUT2D eigenvalue weighted by Gasteiger charge is 2.70. The molecule has 2 rings (SSSR count). The Bertz CT molecular complexity index is 415. The molecule has 0 aromatic rings. The predicted molar refractivity (Wildman–Crippen MR) is 73.5 cm³/mol. The van der Waals surface area contributed by atoms with Gasteiger partial charge in [0.15, 0.2) is 0 Å². The van der Waals surface area contributed by atoms with Crippen molar-refractivity contribution >= 4 is 23.6 Å². The maximum atomic E-state index is 13.4. The molecular weight excluding hydrogens is 286 g/mol. The zero-order chi connectivity index (χ0) is 15.1. The summed E-state index contributed by atoms with van der Waals surface area (Å²) >= 11 is 1.44. The summed E-state index contributed by atoms with van der Waals surface area (Å²) in [4.78, 5) is 27.5. The second-order valence-electron chi connectivity index (χ2n) is 5.28. The van der Waals surface area contributed by atoms with Crippen LogP contribution in [0.15, 0.2) is 0 Å². The molecule has 2 fully saturated rings. The summed E-state index contributed by atoms with van der Waals surface area (Å²) in [6, 6.07) is -0.587. The molecule has 1 aliphatic heterocycles. The average molecular weight is 306 g/mol. The first-order valence-corrected chi connectivity index (χ1v) is 8.06. The maximum Gasteiger partial charge on any atom is 0.263 e.